The Morgan fingerprint density at radius 1 is 1.16 bits per heavy atom. The number of nitrogens with two attached hydrogens (primary N) is 1. The number of halogens is 3. The number of anilines is 1. The molecule has 2 nitrogen and oxygen atoms in total. The lowest BCUT2D eigenvalue weighted by Crippen LogP contribution is -2.07. The van der Waals surface area contributed by atoms with Crippen LogP contribution < -0.4 is 5.73 Å². The van der Waals surface area contributed by atoms with Crippen LogP contribution in [0.25, 0.3) is 0 Å². The van der Waals surface area contributed by atoms with Crippen molar-refractivity contribution >= 4 is 21.6 Å². The topological polar surface area (TPSA) is 46.2 Å². The first-order valence-electron chi connectivity index (χ1n) is 5.64. The van der Waals surface area contributed by atoms with Crippen LogP contribution in [0.15, 0.2) is 40.9 Å². The van der Waals surface area contributed by atoms with Gasteiger partial charge < -0.3 is 10.8 Å². The highest BCUT2D eigenvalue weighted by Gasteiger charge is 2.15. The summed E-state index contributed by atoms with van der Waals surface area (Å²) in [5, 5.41) is 10.1. The normalized spacial score (nSPS) is 12.4. The molecule has 0 heterocycles. The zero-order valence-electron chi connectivity index (χ0n) is 9.91. The average Bonchev–Trinajstić information content (AvgIpc) is 2.36. The molecule has 2 aromatic rings. The van der Waals surface area contributed by atoms with E-state index in [4.69, 9.17) is 5.73 Å². The molecule has 100 valence electrons. The van der Waals surface area contributed by atoms with E-state index in [1.807, 2.05) is 0 Å². The van der Waals surface area contributed by atoms with Crippen molar-refractivity contribution in [2.45, 2.75) is 12.5 Å². The number of benzene rings is 2. The van der Waals surface area contributed by atoms with E-state index < -0.39 is 17.7 Å². The van der Waals surface area contributed by atoms with E-state index in [9.17, 15) is 13.9 Å². The van der Waals surface area contributed by atoms with Gasteiger partial charge in [-0.05, 0) is 42.0 Å². The Labute approximate surface area is 118 Å². The first kappa shape index (κ1) is 14.0. The number of hydrogen-bond acceptors (Lipinski definition) is 2. The van der Waals surface area contributed by atoms with Crippen molar-refractivity contribution in [1.82, 2.24) is 0 Å². The van der Waals surface area contributed by atoms with Gasteiger partial charge in [-0.2, -0.15) is 0 Å². The molecule has 2 rings (SSSR count). The Balaban J connectivity index is 2.27. The molecular formula is C14H12BrF2NO. The first-order valence-corrected chi connectivity index (χ1v) is 6.43. The molecule has 0 aromatic heterocycles. The van der Waals surface area contributed by atoms with E-state index in [2.05, 4.69) is 15.9 Å². The maximum Gasteiger partial charge on any atom is 0.126 e. The molecule has 0 spiro atoms. The molecule has 0 bridgehead atoms. The maximum absolute atomic E-state index is 13.5. The lowest BCUT2D eigenvalue weighted by Gasteiger charge is -2.14. The van der Waals surface area contributed by atoms with E-state index >= 15 is 0 Å². The number of aliphatic hydroxyl groups is 1. The van der Waals surface area contributed by atoms with E-state index in [0.717, 1.165) is 22.7 Å². The average molecular weight is 328 g/mol. The summed E-state index contributed by atoms with van der Waals surface area (Å²) in [4.78, 5) is 0. The van der Waals surface area contributed by atoms with Crippen LogP contribution in [-0.2, 0) is 6.42 Å². The van der Waals surface area contributed by atoms with E-state index in [0.29, 0.717) is 11.3 Å². The zero-order chi connectivity index (χ0) is 14.0. The van der Waals surface area contributed by atoms with Gasteiger partial charge in [0, 0.05) is 22.1 Å². The summed E-state index contributed by atoms with van der Waals surface area (Å²) >= 11 is 3.28. The molecule has 3 N–H and O–H groups in total. The Morgan fingerprint density at radius 3 is 2.63 bits per heavy atom. The second kappa shape index (κ2) is 5.67. The van der Waals surface area contributed by atoms with Crippen LogP contribution in [0.5, 0.6) is 0 Å². The predicted octanol–water partition coefficient (Wildman–Crippen LogP) is 3.59. The summed E-state index contributed by atoms with van der Waals surface area (Å²) in [6.07, 6.45) is -1.03. The summed E-state index contributed by atoms with van der Waals surface area (Å²) in [6, 6.07) is 8.21. The Kier molecular flexibility index (Phi) is 4.17. The summed E-state index contributed by atoms with van der Waals surface area (Å²) in [5.41, 5.74) is 6.77. The molecule has 0 aliphatic rings. The van der Waals surface area contributed by atoms with E-state index in [-0.39, 0.29) is 12.0 Å². The lowest BCUT2D eigenvalue weighted by molar-refractivity contribution is 0.177. The van der Waals surface area contributed by atoms with Crippen LogP contribution in [0.1, 0.15) is 17.2 Å². The molecule has 19 heavy (non-hydrogen) atoms. The van der Waals surface area contributed by atoms with Crippen LogP contribution in [0.3, 0.4) is 0 Å². The van der Waals surface area contributed by atoms with Gasteiger partial charge in [0.05, 0.1) is 6.10 Å². The lowest BCUT2D eigenvalue weighted by atomic mass is 9.99. The molecule has 2 aromatic carbocycles. The van der Waals surface area contributed by atoms with Crippen molar-refractivity contribution in [2.75, 3.05) is 5.73 Å². The monoisotopic (exact) mass is 327 g/mol. The molecule has 0 radical (unpaired) electrons. The number of nitrogen functional groups attached to an aromatic ring is 1. The third kappa shape index (κ3) is 3.30. The van der Waals surface area contributed by atoms with Gasteiger partial charge in [0.25, 0.3) is 0 Å². The highest BCUT2D eigenvalue weighted by atomic mass is 79.9. The fourth-order valence-electron chi connectivity index (χ4n) is 1.85. The summed E-state index contributed by atoms with van der Waals surface area (Å²) < 4.78 is 27.3. The predicted molar refractivity (Wildman–Crippen MR) is 73.6 cm³/mol. The highest BCUT2D eigenvalue weighted by molar-refractivity contribution is 9.10. The van der Waals surface area contributed by atoms with Crippen molar-refractivity contribution in [2.24, 2.45) is 0 Å². The number of aliphatic hydroxyl groups excluding tert-OH is 1. The van der Waals surface area contributed by atoms with Gasteiger partial charge in [-0.1, -0.05) is 15.9 Å². The van der Waals surface area contributed by atoms with Gasteiger partial charge in [0.1, 0.15) is 11.6 Å². The molecular weight excluding hydrogens is 316 g/mol. The molecule has 0 saturated heterocycles. The van der Waals surface area contributed by atoms with Crippen LogP contribution in [0.4, 0.5) is 14.5 Å². The Hall–Kier alpha value is -1.46. The molecule has 0 fully saturated rings. The molecule has 0 aliphatic heterocycles. The van der Waals surface area contributed by atoms with Crippen molar-refractivity contribution in [3.8, 4) is 0 Å². The van der Waals surface area contributed by atoms with Crippen LogP contribution in [-0.4, -0.2) is 5.11 Å². The summed E-state index contributed by atoms with van der Waals surface area (Å²) in [5.74, 6) is -1.08. The zero-order valence-corrected chi connectivity index (χ0v) is 11.5. The minimum Gasteiger partial charge on any atom is -0.398 e. The Bertz CT molecular complexity index is 604. The second-order valence-electron chi connectivity index (χ2n) is 4.23. The van der Waals surface area contributed by atoms with Gasteiger partial charge >= 0.3 is 0 Å². The van der Waals surface area contributed by atoms with Gasteiger partial charge in [-0.3, -0.25) is 0 Å². The molecule has 5 heteroatoms. The molecule has 0 saturated carbocycles. The van der Waals surface area contributed by atoms with Crippen LogP contribution in [0, 0.1) is 11.6 Å². The quantitative estimate of drug-likeness (QED) is 0.846. The molecule has 1 unspecified atom stereocenters. The van der Waals surface area contributed by atoms with E-state index in [1.54, 1.807) is 18.2 Å². The summed E-state index contributed by atoms with van der Waals surface area (Å²) in [6.45, 7) is 0. The van der Waals surface area contributed by atoms with Gasteiger partial charge in [0.2, 0.25) is 0 Å². The summed E-state index contributed by atoms with van der Waals surface area (Å²) in [7, 11) is 0. The first-order chi connectivity index (χ1) is 8.97. The number of hydrogen-bond donors (Lipinski definition) is 2. The van der Waals surface area contributed by atoms with Crippen molar-refractivity contribution < 1.29 is 13.9 Å². The van der Waals surface area contributed by atoms with Gasteiger partial charge in [-0.15, -0.1) is 0 Å². The maximum atomic E-state index is 13.5. The largest absolute Gasteiger partial charge is 0.398 e. The van der Waals surface area contributed by atoms with E-state index in [1.165, 1.54) is 0 Å². The standard InChI is InChI=1S/C14H12BrF2NO/c15-9-1-4-13(18)11(7-9)14(19)6-8-5-10(16)2-3-12(8)17/h1-5,7,14,19H,6,18H2. The molecule has 0 aliphatic carbocycles. The fourth-order valence-corrected chi connectivity index (χ4v) is 2.23. The van der Waals surface area contributed by atoms with Crippen LogP contribution in [0.2, 0.25) is 0 Å². The van der Waals surface area contributed by atoms with Gasteiger partial charge in [-0.25, -0.2) is 8.78 Å². The Morgan fingerprint density at radius 2 is 1.89 bits per heavy atom. The molecule has 0 amide bonds. The third-order valence-corrected chi connectivity index (χ3v) is 3.32. The smallest absolute Gasteiger partial charge is 0.126 e. The van der Waals surface area contributed by atoms with Crippen molar-refractivity contribution in [3.63, 3.8) is 0 Å². The van der Waals surface area contributed by atoms with Crippen molar-refractivity contribution in [1.29, 1.82) is 0 Å². The minimum absolute atomic E-state index is 0.0375. The van der Waals surface area contributed by atoms with Gasteiger partial charge in [0.15, 0.2) is 0 Å². The SMILES string of the molecule is Nc1ccc(Br)cc1C(O)Cc1cc(F)ccc1F. The molecule has 1 atom stereocenters. The highest BCUT2D eigenvalue weighted by Crippen LogP contribution is 2.27. The second-order valence-corrected chi connectivity index (χ2v) is 5.14. The van der Waals surface area contributed by atoms with Crippen LogP contribution >= 0.6 is 15.9 Å². The van der Waals surface area contributed by atoms with Crippen molar-refractivity contribution in [3.05, 3.63) is 63.6 Å². The third-order valence-electron chi connectivity index (χ3n) is 2.83. The number of rotatable bonds is 3. The fraction of sp³-hybridized carbons (Fsp3) is 0.143. The minimum atomic E-state index is -0.992.